The van der Waals surface area contributed by atoms with Crippen LogP contribution in [-0.2, 0) is 0 Å². The molecule has 1 heterocycles. The van der Waals surface area contributed by atoms with Crippen molar-refractivity contribution in [1.82, 2.24) is 5.43 Å². The maximum atomic E-state index is 12.2. The highest BCUT2D eigenvalue weighted by atomic mass is 16.3. The Morgan fingerprint density at radius 3 is 2.24 bits per heavy atom. The first kappa shape index (κ1) is 15.1. The molecule has 4 heteroatoms. The van der Waals surface area contributed by atoms with Gasteiger partial charge in [-0.2, -0.15) is 5.10 Å². The second kappa shape index (κ2) is 6.24. The van der Waals surface area contributed by atoms with E-state index in [4.69, 9.17) is 4.42 Å². The lowest BCUT2D eigenvalue weighted by Gasteiger charge is -2.07. The van der Waals surface area contributed by atoms with E-state index in [9.17, 15) is 4.79 Å². The van der Waals surface area contributed by atoms with Crippen molar-refractivity contribution in [2.24, 2.45) is 5.10 Å². The average molecular weight is 328 g/mol. The van der Waals surface area contributed by atoms with Gasteiger partial charge in [-0.05, 0) is 40.6 Å². The van der Waals surface area contributed by atoms with Gasteiger partial charge in [-0.3, -0.25) is 4.79 Å². The summed E-state index contributed by atoms with van der Waals surface area (Å²) in [5.74, 6) is 0.287. The van der Waals surface area contributed by atoms with Crippen LogP contribution < -0.4 is 5.43 Å². The summed E-state index contributed by atoms with van der Waals surface area (Å²) in [6.07, 6.45) is 3.20. The SMILES string of the molecule is Cc1occc1C(=O)NN=Cc1c2ccccc2cc2ccccc12. The maximum Gasteiger partial charge on any atom is 0.274 e. The predicted octanol–water partition coefficient (Wildman–Crippen LogP) is 4.66. The standard InChI is InChI=1S/C21H16N2O2/c1-14-17(10-11-25-14)21(24)23-22-13-20-18-8-4-2-6-15(18)12-16-7-3-5-9-19(16)20/h2-13H,1H3,(H,23,24). The Morgan fingerprint density at radius 1 is 1.00 bits per heavy atom. The number of furan rings is 1. The zero-order valence-corrected chi connectivity index (χ0v) is 13.7. The minimum atomic E-state index is -0.285. The number of carbonyl (C=O) groups excluding carboxylic acids is 1. The number of hydrazone groups is 1. The van der Waals surface area contributed by atoms with Crippen LogP contribution in [0.4, 0.5) is 0 Å². The first-order valence-corrected chi connectivity index (χ1v) is 8.02. The summed E-state index contributed by atoms with van der Waals surface area (Å²) in [5.41, 5.74) is 4.04. The van der Waals surface area contributed by atoms with Crippen molar-refractivity contribution in [2.75, 3.05) is 0 Å². The van der Waals surface area contributed by atoms with Gasteiger partial charge in [0.15, 0.2) is 0 Å². The van der Waals surface area contributed by atoms with Crippen molar-refractivity contribution < 1.29 is 9.21 Å². The van der Waals surface area contributed by atoms with Gasteiger partial charge in [-0.25, -0.2) is 5.43 Å². The number of rotatable bonds is 3. The number of hydrogen-bond acceptors (Lipinski definition) is 3. The van der Waals surface area contributed by atoms with Gasteiger partial charge in [0.2, 0.25) is 0 Å². The second-order valence-electron chi connectivity index (χ2n) is 5.82. The van der Waals surface area contributed by atoms with Gasteiger partial charge in [-0.1, -0.05) is 48.5 Å². The fraction of sp³-hybridized carbons (Fsp3) is 0.0476. The number of nitrogens with one attached hydrogen (secondary N) is 1. The van der Waals surface area contributed by atoms with E-state index >= 15 is 0 Å². The highest BCUT2D eigenvalue weighted by molar-refractivity contribution is 6.13. The Labute approximate surface area is 144 Å². The zero-order valence-electron chi connectivity index (χ0n) is 13.7. The number of fused-ring (bicyclic) bond motifs is 2. The Balaban J connectivity index is 1.74. The molecule has 3 aromatic carbocycles. The summed E-state index contributed by atoms with van der Waals surface area (Å²) < 4.78 is 5.15. The molecule has 1 N–H and O–H groups in total. The van der Waals surface area contributed by atoms with Crippen LogP contribution in [0.1, 0.15) is 21.7 Å². The van der Waals surface area contributed by atoms with Gasteiger partial charge in [-0.15, -0.1) is 0 Å². The van der Waals surface area contributed by atoms with Crippen molar-refractivity contribution in [3.05, 3.63) is 83.8 Å². The Morgan fingerprint density at radius 2 is 1.64 bits per heavy atom. The zero-order chi connectivity index (χ0) is 17.2. The topological polar surface area (TPSA) is 54.6 Å². The fourth-order valence-electron chi connectivity index (χ4n) is 3.02. The van der Waals surface area contributed by atoms with Crippen LogP contribution in [0.25, 0.3) is 21.5 Å². The summed E-state index contributed by atoms with van der Waals surface area (Å²) in [6, 6.07) is 20.1. The van der Waals surface area contributed by atoms with E-state index in [1.165, 1.54) is 6.26 Å². The molecule has 0 saturated carbocycles. The van der Waals surface area contributed by atoms with E-state index in [2.05, 4.69) is 40.9 Å². The van der Waals surface area contributed by atoms with Crippen LogP contribution in [0.5, 0.6) is 0 Å². The molecule has 0 atom stereocenters. The number of hydrogen-bond donors (Lipinski definition) is 1. The normalized spacial score (nSPS) is 11.4. The van der Waals surface area contributed by atoms with Gasteiger partial charge < -0.3 is 4.42 Å². The smallest absolute Gasteiger partial charge is 0.274 e. The summed E-state index contributed by atoms with van der Waals surface area (Å²) in [7, 11) is 0. The van der Waals surface area contributed by atoms with Gasteiger partial charge in [0, 0.05) is 5.56 Å². The molecule has 1 aromatic heterocycles. The maximum absolute atomic E-state index is 12.2. The molecule has 0 aliphatic carbocycles. The lowest BCUT2D eigenvalue weighted by atomic mass is 9.97. The first-order chi connectivity index (χ1) is 12.2. The number of amides is 1. The molecule has 25 heavy (non-hydrogen) atoms. The van der Waals surface area contributed by atoms with Gasteiger partial charge in [0.25, 0.3) is 5.91 Å². The third-order valence-electron chi connectivity index (χ3n) is 4.28. The third-order valence-corrected chi connectivity index (χ3v) is 4.28. The quantitative estimate of drug-likeness (QED) is 0.338. The monoisotopic (exact) mass is 328 g/mol. The summed E-state index contributed by atoms with van der Waals surface area (Å²) >= 11 is 0. The number of aryl methyl sites for hydroxylation is 1. The lowest BCUT2D eigenvalue weighted by Crippen LogP contribution is -2.17. The molecule has 0 unspecified atom stereocenters. The molecule has 1 amide bonds. The van der Waals surface area contributed by atoms with Crippen molar-refractivity contribution in [3.8, 4) is 0 Å². The third kappa shape index (κ3) is 2.78. The molecule has 4 aromatic rings. The molecule has 0 fully saturated rings. The van der Waals surface area contributed by atoms with Gasteiger partial charge >= 0.3 is 0 Å². The minimum absolute atomic E-state index is 0.285. The Kier molecular flexibility index (Phi) is 3.78. The summed E-state index contributed by atoms with van der Waals surface area (Å²) in [6.45, 7) is 1.75. The molecular weight excluding hydrogens is 312 g/mol. The summed E-state index contributed by atoms with van der Waals surface area (Å²) in [5, 5.41) is 8.64. The number of carbonyl (C=O) groups is 1. The van der Waals surface area contributed by atoms with Crippen molar-refractivity contribution in [3.63, 3.8) is 0 Å². The minimum Gasteiger partial charge on any atom is -0.469 e. The molecular formula is C21H16N2O2. The van der Waals surface area contributed by atoms with Crippen LogP contribution in [-0.4, -0.2) is 12.1 Å². The molecule has 0 aliphatic rings. The fourth-order valence-corrected chi connectivity index (χ4v) is 3.02. The van der Waals surface area contributed by atoms with Crippen LogP contribution in [0.15, 0.2) is 76.4 Å². The molecule has 0 radical (unpaired) electrons. The largest absolute Gasteiger partial charge is 0.469 e. The molecule has 122 valence electrons. The van der Waals surface area contributed by atoms with E-state index < -0.39 is 0 Å². The molecule has 0 spiro atoms. The summed E-state index contributed by atoms with van der Waals surface area (Å²) in [4.78, 5) is 12.2. The molecule has 4 rings (SSSR count). The van der Waals surface area contributed by atoms with Crippen molar-refractivity contribution in [2.45, 2.75) is 6.92 Å². The van der Waals surface area contributed by atoms with Crippen molar-refractivity contribution in [1.29, 1.82) is 0 Å². The highest BCUT2D eigenvalue weighted by Crippen LogP contribution is 2.27. The molecule has 0 aliphatic heterocycles. The van der Waals surface area contributed by atoms with Gasteiger partial charge in [0.05, 0.1) is 18.0 Å². The van der Waals surface area contributed by atoms with Crippen molar-refractivity contribution >= 4 is 33.7 Å². The van der Waals surface area contributed by atoms with Crippen LogP contribution in [0.3, 0.4) is 0 Å². The van der Waals surface area contributed by atoms with E-state index in [1.807, 2.05) is 24.3 Å². The molecule has 0 bridgehead atoms. The number of benzene rings is 3. The molecule has 0 saturated heterocycles. The molecule has 4 nitrogen and oxygen atoms in total. The predicted molar refractivity (Wildman–Crippen MR) is 100.0 cm³/mol. The second-order valence-corrected chi connectivity index (χ2v) is 5.82. The van der Waals surface area contributed by atoms with E-state index in [0.29, 0.717) is 11.3 Å². The van der Waals surface area contributed by atoms with Crippen LogP contribution in [0.2, 0.25) is 0 Å². The lowest BCUT2D eigenvalue weighted by molar-refractivity contribution is 0.0953. The average Bonchev–Trinajstić information content (AvgIpc) is 3.07. The van der Waals surface area contributed by atoms with E-state index in [1.54, 1.807) is 19.2 Å². The van der Waals surface area contributed by atoms with E-state index in [0.717, 1.165) is 27.1 Å². The van der Waals surface area contributed by atoms with Gasteiger partial charge in [0.1, 0.15) is 5.76 Å². The van der Waals surface area contributed by atoms with Crippen LogP contribution in [0, 0.1) is 6.92 Å². The first-order valence-electron chi connectivity index (χ1n) is 8.02. The number of nitrogens with zero attached hydrogens (tertiary/aromatic N) is 1. The van der Waals surface area contributed by atoms with E-state index in [-0.39, 0.29) is 5.91 Å². The highest BCUT2D eigenvalue weighted by Gasteiger charge is 2.10. The Hall–Kier alpha value is -3.40. The van der Waals surface area contributed by atoms with Crippen LogP contribution >= 0.6 is 0 Å². The Bertz CT molecular complexity index is 1060.